The first-order chi connectivity index (χ1) is 11.8. The van der Waals surface area contributed by atoms with Crippen molar-refractivity contribution in [2.75, 3.05) is 25.5 Å². The lowest BCUT2D eigenvalue weighted by Crippen LogP contribution is -2.45. The number of halogens is 1. The number of hydrogen-bond donors (Lipinski definition) is 3. The molecule has 0 unspecified atom stereocenters. The molecular weight excluding hydrogens is 431 g/mol. The lowest BCUT2D eigenvalue weighted by Gasteiger charge is -2.24. The van der Waals surface area contributed by atoms with E-state index in [2.05, 4.69) is 36.0 Å². The smallest absolute Gasteiger partial charge is 0.191 e. The van der Waals surface area contributed by atoms with Crippen LogP contribution in [0.15, 0.2) is 17.5 Å². The summed E-state index contributed by atoms with van der Waals surface area (Å²) < 4.78 is 1.75. The molecule has 1 aliphatic rings. The van der Waals surface area contributed by atoms with Crippen molar-refractivity contribution in [1.29, 1.82) is 0 Å². The van der Waals surface area contributed by atoms with Gasteiger partial charge >= 0.3 is 0 Å². The van der Waals surface area contributed by atoms with Gasteiger partial charge in [-0.2, -0.15) is 5.10 Å². The molecule has 138 valence electrons. The molecule has 0 saturated heterocycles. The van der Waals surface area contributed by atoms with E-state index in [1.165, 1.54) is 32.1 Å². The van der Waals surface area contributed by atoms with Gasteiger partial charge in [-0.1, -0.05) is 19.3 Å². The second kappa shape index (κ2) is 9.73. The number of nitrogens with one attached hydrogen (secondary N) is 3. The van der Waals surface area contributed by atoms with Crippen LogP contribution in [0.4, 0.5) is 5.82 Å². The maximum Gasteiger partial charge on any atom is 0.191 e. The molecule has 0 aromatic carbocycles. The molecule has 2 aromatic rings. The summed E-state index contributed by atoms with van der Waals surface area (Å²) in [5, 5.41) is 15.4. The first-order valence-electron chi connectivity index (χ1n) is 8.61. The van der Waals surface area contributed by atoms with Gasteiger partial charge in [0, 0.05) is 33.2 Å². The lowest BCUT2D eigenvalue weighted by molar-refractivity contribution is 0.410. The summed E-state index contributed by atoms with van der Waals surface area (Å²) in [5.74, 6) is 1.68. The second-order valence-corrected chi connectivity index (χ2v) is 6.13. The Balaban J connectivity index is 0.00000225. The van der Waals surface area contributed by atoms with Gasteiger partial charge in [-0.3, -0.25) is 9.67 Å². The summed E-state index contributed by atoms with van der Waals surface area (Å²) in [6.07, 6.45) is 9.79. The van der Waals surface area contributed by atoms with Crippen LogP contribution < -0.4 is 16.0 Å². The number of guanidine groups is 1. The van der Waals surface area contributed by atoms with E-state index < -0.39 is 0 Å². The second-order valence-electron chi connectivity index (χ2n) is 6.13. The van der Waals surface area contributed by atoms with Crippen molar-refractivity contribution in [3.8, 4) is 0 Å². The molecule has 3 rings (SSSR count). The van der Waals surface area contributed by atoms with Crippen molar-refractivity contribution in [2.24, 2.45) is 12.0 Å². The van der Waals surface area contributed by atoms with Crippen LogP contribution in [-0.4, -0.2) is 51.9 Å². The monoisotopic (exact) mass is 458 g/mol. The van der Waals surface area contributed by atoms with Crippen molar-refractivity contribution in [3.05, 3.63) is 12.5 Å². The first kappa shape index (κ1) is 19.7. The van der Waals surface area contributed by atoms with Crippen LogP contribution in [0.5, 0.6) is 0 Å². The summed E-state index contributed by atoms with van der Waals surface area (Å²) >= 11 is 0. The summed E-state index contributed by atoms with van der Waals surface area (Å²) in [5.41, 5.74) is 0.829. The summed E-state index contributed by atoms with van der Waals surface area (Å²) in [7, 11) is 3.69. The van der Waals surface area contributed by atoms with E-state index in [9.17, 15) is 0 Å². The third-order valence-electron chi connectivity index (χ3n) is 4.41. The van der Waals surface area contributed by atoms with Crippen molar-refractivity contribution in [3.63, 3.8) is 0 Å². The number of hydrogen-bond acceptors (Lipinski definition) is 5. The van der Waals surface area contributed by atoms with Gasteiger partial charge in [0.15, 0.2) is 11.6 Å². The average Bonchev–Trinajstić information content (AvgIpc) is 3.00. The molecule has 0 aliphatic heterocycles. The van der Waals surface area contributed by atoms with E-state index in [1.54, 1.807) is 17.2 Å². The van der Waals surface area contributed by atoms with Crippen LogP contribution in [-0.2, 0) is 7.05 Å². The maximum atomic E-state index is 4.31. The molecule has 1 saturated carbocycles. The van der Waals surface area contributed by atoms with E-state index in [0.29, 0.717) is 6.04 Å². The Morgan fingerprint density at radius 1 is 1.24 bits per heavy atom. The Labute approximate surface area is 165 Å². The maximum absolute atomic E-state index is 4.31. The topological polar surface area (TPSA) is 92.1 Å². The highest BCUT2D eigenvalue weighted by molar-refractivity contribution is 14.0. The predicted octanol–water partition coefficient (Wildman–Crippen LogP) is 1.89. The zero-order chi connectivity index (χ0) is 16.8. The van der Waals surface area contributed by atoms with Crippen molar-refractivity contribution >= 4 is 46.8 Å². The summed E-state index contributed by atoms with van der Waals surface area (Å²) in [4.78, 5) is 12.8. The molecular formula is C16H27IN8. The van der Waals surface area contributed by atoms with Crippen LogP contribution in [0.1, 0.15) is 32.1 Å². The number of anilines is 1. The van der Waals surface area contributed by atoms with Crippen LogP contribution in [0.2, 0.25) is 0 Å². The number of fused-ring (bicyclic) bond motifs is 1. The van der Waals surface area contributed by atoms with Gasteiger partial charge in [0.1, 0.15) is 12.1 Å². The largest absolute Gasteiger partial charge is 0.368 e. The highest BCUT2D eigenvalue weighted by atomic mass is 127. The Morgan fingerprint density at radius 2 is 2.04 bits per heavy atom. The van der Waals surface area contributed by atoms with Gasteiger partial charge in [-0.25, -0.2) is 9.97 Å². The highest BCUT2D eigenvalue weighted by Gasteiger charge is 2.14. The number of aliphatic imine (C=N–C) groups is 1. The van der Waals surface area contributed by atoms with E-state index >= 15 is 0 Å². The SMILES string of the molecule is CN=C(NCCNc1ncnc2c1cnn2C)NC1CCCCC1.I. The van der Waals surface area contributed by atoms with Gasteiger partial charge in [-0.15, -0.1) is 24.0 Å². The quantitative estimate of drug-likeness (QED) is 0.274. The average molecular weight is 458 g/mol. The molecule has 0 spiro atoms. The van der Waals surface area contributed by atoms with Crippen molar-refractivity contribution in [1.82, 2.24) is 30.4 Å². The van der Waals surface area contributed by atoms with E-state index in [1.807, 2.05) is 14.1 Å². The molecule has 9 heteroatoms. The molecule has 2 aromatic heterocycles. The van der Waals surface area contributed by atoms with Crippen LogP contribution >= 0.6 is 24.0 Å². The van der Waals surface area contributed by atoms with Crippen LogP contribution in [0, 0.1) is 0 Å². The number of aryl methyl sites for hydroxylation is 1. The normalized spacial score (nSPS) is 15.7. The zero-order valence-corrected chi connectivity index (χ0v) is 17.2. The number of aromatic nitrogens is 4. The van der Waals surface area contributed by atoms with E-state index in [0.717, 1.165) is 35.9 Å². The molecule has 25 heavy (non-hydrogen) atoms. The van der Waals surface area contributed by atoms with Gasteiger partial charge < -0.3 is 16.0 Å². The lowest BCUT2D eigenvalue weighted by atomic mass is 9.96. The minimum absolute atomic E-state index is 0. The molecule has 0 radical (unpaired) electrons. The van der Waals surface area contributed by atoms with Gasteiger partial charge in [0.25, 0.3) is 0 Å². The molecule has 2 heterocycles. The first-order valence-corrected chi connectivity index (χ1v) is 8.61. The molecule has 8 nitrogen and oxygen atoms in total. The Hall–Kier alpha value is -1.65. The predicted molar refractivity (Wildman–Crippen MR) is 112 cm³/mol. The fourth-order valence-electron chi connectivity index (χ4n) is 3.10. The van der Waals surface area contributed by atoms with Crippen molar-refractivity contribution in [2.45, 2.75) is 38.1 Å². The fraction of sp³-hybridized carbons (Fsp3) is 0.625. The molecule has 3 N–H and O–H groups in total. The van der Waals surface area contributed by atoms with E-state index in [-0.39, 0.29) is 24.0 Å². The minimum Gasteiger partial charge on any atom is -0.368 e. The summed E-state index contributed by atoms with van der Waals surface area (Å²) in [6.45, 7) is 1.50. The highest BCUT2D eigenvalue weighted by Crippen LogP contribution is 2.18. The number of nitrogens with zero attached hydrogens (tertiary/aromatic N) is 5. The third-order valence-corrected chi connectivity index (χ3v) is 4.41. The molecule has 0 bridgehead atoms. The minimum atomic E-state index is 0. The zero-order valence-electron chi connectivity index (χ0n) is 14.8. The van der Waals surface area contributed by atoms with Gasteiger partial charge in [-0.05, 0) is 12.8 Å². The van der Waals surface area contributed by atoms with Crippen molar-refractivity contribution < 1.29 is 0 Å². The van der Waals surface area contributed by atoms with Gasteiger partial charge in [0.05, 0.1) is 11.6 Å². The number of rotatable bonds is 5. The molecule has 1 aliphatic carbocycles. The molecule has 0 atom stereocenters. The van der Waals surface area contributed by atoms with Crippen LogP contribution in [0.25, 0.3) is 11.0 Å². The Morgan fingerprint density at radius 3 is 2.80 bits per heavy atom. The standard InChI is InChI=1S/C16H26N8.HI/c1-17-16(23-12-6-4-3-5-7-12)19-9-8-18-14-13-10-22-24(2)15(13)21-11-20-14;/h10-12H,3-9H2,1-2H3,(H2,17,19,23)(H,18,20,21);1H. The third kappa shape index (κ3) is 5.16. The fourth-order valence-corrected chi connectivity index (χ4v) is 3.10. The summed E-state index contributed by atoms with van der Waals surface area (Å²) in [6, 6.07) is 0.551. The van der Waals surface area contributed by atoms with E-state index in [4.69, 9.17) is 0 Å². The Kier molecular flexibility index (Phi) is 7.66. The molecule has 0 amide bonds. The Bertz CT molecular complexity index is 692. The van der Waals surface area contributed by atoms with Crippen LogP contribution in [0.3, 0.4) is 0 Å². The van der Waals surface area contributed by atoms with Gasteiger partial charge in [0.2, 0.25) is 0 Å². The molecule has 1 fully saturated rings.